The maximum Gasteiger partial charge on any atom is 0.175 e. The molecule has 0 bridgehead atoms. The molecule has 0 unspecified atom stereocenters. The summed E-state index contributed by atoms with van der Waals surface area (Å²) in [4.78, 5) is 0. The lowest BCUT2D eigenvalue weighted by Crippen LogP contribution is -2.18. The molecule has 0 aliphatic heterocycles. The Morgan fingerprint density at radius 3 is 2.60 bits per heavy atom. The van der Waals surface area contributed by atoms with E-state index in [-0.39, 0.29) is 0 Å². The Labute approximate surface area is 166 Å². The lowest BCUT2D eigenvalue weighted by atomic mass is 10.2. The average Bonchev–Trinajstić information content (AvgIpc) is 2.58. The molecule has 0 amide bonds. The number of halogens is 3. The van der Waals surface area contributed by atoms with Crippen LogP contribution in [0.2, 0.25) is 10.0 Å². The smallest absolute Gasteiger partial charge is 0.175 e. The molecule has 0 radical (unpaired) electrons. The summed E-state index contributed by atoms with van der Waals surface area (Å²) in [5.74, 6) is 1.29. The first-order valence-electron chi connectivity index (χ1n) is 7.68. The Bertz CT molecular complexity index is 713. The number of ether oxygens (including phenoxy) is 3. The van der Waals surface area contributed by atoms with Crippen molar-refractivity contribution in [3.8, 4) is 11.5 Å². The molecule has 0 spiro atoms. The zero-order chi connectivity index (χ0) is 18.2. The van der Waals surface area contributed by atoms with Crippen LogP contribution in [0.3, 0.4) is 0 Å². The molecule has 0 saturated carbocycles. The van der Waals surface area contributed by atoms with Gasteiger partial charge in [0.25, 0.3) is 0 Å². The molecule has 0 atom stereocenters. The molecule has 0 aliphatic carbocycles. The van der Waals surface area contributed by atoms with Gasteiger partial charge in [0.2, 0.25) is 0 Å². The normalized spacial score (nSPS) is 10.8. The van der Waals surface area contributed by atoms with Gasteiger partial charge in [0.1, 0.15) is 6.61 Å². The van der Waals surface area contributed by atoms with Crippen LogP contribution in [0.5, 0.6) is 11.5 Å². The molecule has 2 rings (SSSR count). The first kappa shape index (κ1) is 20.3. The standard InChI is InChI=1S/C18H20BrCl2NO3/c1-23-6-5-22-10-12-7-15(19)18(17(8-12)24-2)25-11-13-3-4-14(20)9-16(13)21/h3-4,7-9,22H,5-6,10-11H2,1-2H3. The van der Waals surface area contributed by atoms with Gasteiger partial charge in [-0.1, -0.05) is 29.3 Å². The predicted molar refractivity (Wildman–Crippen MR) is 105 cm³/mol. The Balaban J connectivity index is 2.09. The van der Waals surface area contributed by atoms with E-state index < -0.39 is 0 Å². The van der Waals surface area contributed by atoms with Gasteiger partial charge >= 0.3 is 0 Å². The number of nitrogens with one attached hydrogen (secondary N) is 1. The maximum absolute atomic E-state index is 6.19. The monoisotopic (exact) mass is 447 g/mol. The summed E-state index contributed by atoms with van der Waals surface area (Å²) in [7, 11) is 3.30. The number of benzene rings is 2. The molecule has 4 nitrogen and oxygen atoms in total. The molecule has 1 N–H and O–H groups in total. The number of methoxy groups -OCH3 is 2. The van der Waals surface area contributed by atoms with Crippen LogP contribution in [0.25, 0.3) is 0 Å². The minimum Gasteiger partial charge on any atom is -0.493 e. The topological polar surface area (TPSA) is 39.7 Å². The predicted octanol–water partition coefficient (Wildman–Crippen LogP) is 5.08. The summed E-state index contributed by atoms with van der Waals surface area (Å²) < 4.78 is 17.2. The first-order valence-corrected chi connectivity index (χ1v) is 9.22. The van der Waals surface area contributed by atoms with Crippen molar-refractivity contribution in [2.24, 2.45) is 0 Å². The Kier molecular flexibility index (Phi) is 8.33. The Morgan fingerprint density at radius 2 is 1.92 bits per heavy atom. The molecule has 0 aromatic heterocycles. The lowest BCUT2D eigenvalue weighted by Gasteiger charge is -2.15. The molecule has 25 heavy (non-hydrogen) atoms. The molecule has 0 heterocycles. The van der Waals surface area contributed by atoms with Gasteiger partial charge in [0, 0.05) is 35.8 Å². The molecule has 2 aromatic carbocycles. The van der Waals surface area contributed by atoms with Crippen LogP contribution in [-0.4, -0.2) is 27.4 Å². The van der Waals surface area contributed by atoms with Crippen molar-refractivity contribution in [2.75, 3.05) is 27.4 Å². The minimum absolute atomic E-state index is 0.316. The van der Waals surface area contributed by atoms with Crippen LogP contribution in [0.4, 0.5) is 0 Å². The second kappa shape index (κ2) is 10.2. The zero-order valence-corrected chi connectivity index (χ0v) is 17.2. The van der Waals surface area contributed by atoms with E-state index in [0.29, 0.717) is 41.3 Å². The fourth-order valence-electron chi connectivity index (χ4n) is 2.21. The Hall–Kier alpha value is -0.980. The molecule has 2 aromatic rings. The molecule has 0 saturated heterocycles. The van der Waals surface area contributed by atoms with E-state index in [1.165, 1.54) is 0 Å². The van der Waals surface area contributed by atoms with Crippen molar-refractivity contribution in [3.05, 3.63) is 56.0 Å². The van der Waals surface area contributed by atoms with Crippen LogP contribution in [0, 0.1) is 0 Å². The lowest BCUT2D eigenvalue weighted by molar-refractivity contribution is 0.199. The highest BCUT2D eigenvalue weighted by molar-refractivity contribution is 9.10. The third kappa shape index (κ3) is 6.04. The van der Waals surface area contributed by atoms with Crippen molar-refractivity contribution in [3.63, 3.8) is 0 Å². The molecule has 0 fully saturated rings. The van der Waals surface area contributed by atoms with Crippen LogP contribution in [0.1, 0.15) is 11.1 Å². The highest BCUT2D eigenvalue weighted by atomic mass is 79.9. The summed E-state index contributed by atoms with van der Waals surface area (Å²) in [6, 6.07) is 9.28. The van der Waals surface area contributed by atoms with Gasteiger partial charge in [0.15, 0.2) is 11.5 Å². The number of hydrogen-bond acceptors (Lipinski definition) is 4. The highest BCUT2D eigenvalue weighted by Gasteiger charge is 2.13. The van der Waals surface area contributed by atoms with E-state index in [0.717, 1.165) is 22.1 Å². The van der Waals surface area contributed by atoms with Crippen molar-refractivity contribution in [1.82, 2.24) is 5.32 Å². The van der Waals surface area contributed by atoms with Crippen molar-refractivity contribution < 1.29 is 14.2 Å². The zero-order valence-electron chi connectivity index (χ0n) is 14.1. The van der Waals surface area contributed by atoms with Crippen molar-refractivity contribution in [1.29, 1.82) is 0 Å². The molecule has 0 aliphatic rings. The van der Waals surface area contributed by atoms with E-state index >= 15 is 0 Å². The summed E-state index contributed by atoms with van der Waals surface area (Å²) >= 11 is 15.7. The van der Waals surface area contributed by atoms with E-state index in [2.05, 4.69) is 21.2 Å². The second-order valence-electron chi connectivity index (χ2n) is 5.30. The fraction of sp³-hybridized carbons (Fsp3) is 0.333. The minimum atomic E-state index is 0.316. The van der Waals surface area contributed by atoms with E-state index in [9.17, 15) is 0 Å². The van der Waals surface area contributed by atoms with E-state index in [1.807, 2.05) is 18.2 Å². The third-order valence-electron chi connectivity index (χ3n) is 3.49. The van der Waals surface area contributed by atoms with Crippen molar-refractivity contribution >= 4 is 39.1 Å². The second-order valence-corrected chi connectivity index (χ2v) is 7.00. The van der Waals surface area contributed by atoms with Gasteiger partial charge in [0.05, 0.1) is 18.2 Å². The van der Waals surface area contributed by atoms with Crippen LogP contribution < -0.4 is 14.8 Å². The third-order valence-corrected chi connectivity index (χ3v) is 4.66. The van der Waals surface area contributed by atoms with E-state index in [1.54, 1.807) is 26.4 Å². The van der Waals surface area contributed by atoms with Crippen molar-refractivity contribution in [2.45, 2.75) is 13.2 Å². The summed E-state index contributed by atoms with van der Waals surface area (Å²) in [6.07, 6.45) is 0. The largest absolute Gasteiger partial charge is 0.493 e. The first-order chi connectivity index (χ1) is 12.0. The quantitative estimate of drug-likeness (QED) is 0.543. The van der Waals surface area contributed by atoms with Crippen LogP contribution >= 0.6 is 39.1 Å². The SMILES string of the molecule is COCCNCc1cc(Br)c(OCc2ccc(Cl)cc2Cl)c(OC)c1. The van der Waals surface area contributed by atoms with Crippen LogP contribution in [0.15, 0.2) is 34.8 Å². The highest BCUT2D eigenvalue weighted by Crippen LogP contribution is 2.37. The van der Waals surface area contributed by atoms with Gasteiger partial charge in [-0.15, -0.1) is 0 Å². The summed E-state index contributed by atoms with van der Waals surface area (Å²) in [5, 5.41) is 4.47. The molecular formula is C18H20BrCl2NO3. The fourth-order valence-corrected chi connectivity index (χ4v) is 3.28. The molecular weight excluding hydrogens is 429 g/mol. The van der Waals surface area contributed by atoms with Gasteiger partial charge in [-0.3, -0.25) is 0 Å². The van der Waals surface area contributed by atoms with Gasteiger partial charge < -0.3 is 19.5 Å². The molecule has 136 valence electrons. The Morgan fingerprint density at radius 1 is 1.12 bits per heavy atom. The van der Waals surface area contributed by atoms with Gasteiger partial charge in [-0.25, -0.2) is 0 Å². The van der Waals surface area contributed by atoms with Crippen LogP contribution in [-0.2, 0) is 17.9 Å². The number of rotatable bonds is 9. The van der Waals surface area contributed by atoms with Gasteiger partial charge in [-0.05, 0) is 45.8 Å². The number of hydrogen-bond donors (Lipinski definition) is 1. The average molecular weight is 449 g/mol. The summed E-state index contributed by atoms with van der Waals surface area (Å²) in [5.41, 5.74) is 1.93. The van der Waals surface area contributed by atoms with E-state index in [4.69, 9.17) is 37.4 Å². The summed E-state index contributed by atoms with van der Waals surface area (Å²) in [6.45, 7) is 2.48. The maximum atomic E-state index is 6.19. The molecule has 7 heteroatoms. The van der Waals surface area contributed by atoms with Gasteiger partial charge in [-0.2, -0.15) is 0 Å².